The van der Waals surface area contributed by atoms with Crippen molar-refractivity contribution in [1.82, 2.24) is 0 Å². The Morgan fingerprint density at radius 2 is 2.12 bits per heavy atom. The fourth-order valence-electron chi connectivity index (χ4n) is 1.44. The van der Waals surface area contributed by atoms with Crippen molar-refractivity contribution in [3.63, 3.8) is 0 Å². The summed E-state index contributed by atoms with van der Waals surface area (Å²) in [6.07, 6.45) is -0.363. The van der Waals surface area contributed by atoms with Crippen molar-refractivity contribution in [2.75, 3.05) is 13.2 Å². The Morgan fingerprint density at radius 3 is 2.76 bits per heavy atom. The van der Waals surface area contributed by atoms with E-state index in [0.717, 1.165) is 0 Å². The predicted molar refractivity (Wildman–Crippen MR) is 57.4 cm³/mol. The quantitative estimate of drug-likeness (QED) is 0.727. The number of hydrogen-bond acceptors (Lipinski definition) is 5. The van der Waals surface area contributed by atoms with E-state index in [4.69, 9.17) is 9.47 Å². The van der Waals surface area contributed by atoms with Crippen LogP contribution in [0.2, 0.25) is 0 Å². The molecule has 2 rings (SSSR count). The van der Waals surface area contributed by atoms with Crippen molar-refractivity contribution >= 4 is 11.9 Å². The topological polar surface area (TPSA) is 61.8 Å². The molecule has 1 unspecified atom stereocenters. The van der Waals surface area contributed by atoms with Gasteiger partial charge in [-0.3, -0.25) is 0 Å². The van der Waals surface area contributed by atoms with E-state index in [9.17, 15) is 9.59 Å². The number of rotatable bonds is 4. The van der Waals surface area contributed by atoms with Crippen LogP contribution < -0.4 is 4.74 Å². The van der Waals surface area contributed by atoms with Gasteiger partial charge in [-0.25, -0.2) is 9.59 Å². The van der Waals surface area contributed by atoms with Gasteiger partial charge in [-0.1, -0.05) is 18.2 Å². The normalized spacial score (nSPS) is 18.6. The zero-order chi connectivity index (χ0) is 12.1. The molecule has 1 saturated heterocycles. The minimum absolute atomic E-state index is 0.214. The van der Waals surface area contributed by atoms with Gasteiger partial charge in [0.15, 0.2) is 6.61 Å². The van der Waals surface area contributed by atoms with Crippen LogP contribution in [0.3, 0.4) is 0 Å². The van der Waals surface area contributed by atoms with E-state index >= 15 is 0 Å². The Kier molecular flexibility index (Phi) is 3.59. The molecule has 1 atom stereocenters. The molecule has 0 aliphatic carbocycles. The lowest BCUT2D eigenvalue weighted by Crippen LogP contribution is -2.26. The number of ether oxygens (including phenoxy) is 3. The Balaban J connectivity index is 1.76. The largest absolute Gasteiger partial charge is 0.482 e. The molecule has 5 heteroatoms. The van der Waals surface area contributed by atoms with E-state index in [1.165, 1.54) is 0 Å². The molecule has 17 heavy (non-hydrogen) atoms. The molecule has 90 valence electrons. The second-order valence-electron chi connectivity index (χ2n) is 3.54. The van der Waals surface area contributed by atoms with Crippen LogP contribution >= 0.6 is 0 Å². The number of carbonyl (C=O) groups excluding carboxylic acids is 2. The van der Waals surface area contributed by atoms with Crippen LogP contribution in [0.5, 0.6) is 5.75 Å². The van der Waals surface area contributed by atoms with Crippen molar-refractivity contribution < 1.29 is 23.8 Å². The predicted octanol–water partition coefficient (Wildman–Crippen LogP) is 0.924. The summed E-state index contributed by atoms with van der Waals surface area (Å²) in [5.41, 5.74) is 0. The maximum atomic E-state index is 11.4. The molecule has 1 aromatic rings. The highest BCUT2D eigenvalue weighted by Crippen LogP contribution is 2.11. The molecule has 0 amide bonds. The van der Waals surface area contributed by atoms with E-state index in [0.29, 0.717) is 18.8 Å². The smallest absolute Gasteiger partial charge is 0.347 e. The SMILES string of the molecule is O=C(COc1ccccc1)OC1CCOC1=O. The number of cyclic esters (lactones) is 1. The third-order valence-corrected chi connectivity index (χ3v) is 2.26. The van der Waals surface area contributed by atoms with Gasteiger partial charge >= 0.3 is 11.9 Å². The molecule has 0 saturated carbocycles. The maximum Gasteiger partial charge on any atom is 0.347 e. The molecule has 0 aromatic heterocycles. The molecule has 0 spiro atoms. The van der Waals surface area contributed by atoms with Crippen LogP contribution in [0.25, 0.3) is 0 Å². The first kappa shape index (κ1) is 11.4. The summed E-state index contributed by atoms with van der Waals surface area (Å²) < 4.78 is 14.8. The summed E-state index contributed by atoms with van der Waals surface area (Å²) in [4.78, 5) is 22.4. The highest BCUT2D eigenvalue weighted by atomic mass is 16.6. The average molecular weight is 236 g/mol. The third kappa shape index (κ3) is 3.21. The summed E-state index contributed by atoms with van der Waals surface area (Å²) in [6.45, 7) is 0.0874. The lowest BCUT2D eigenvalue weighted by molar-refractivity contribution is -0.161. The van der Waals surface area contributed by atoms with Crippen molar-refractivity contribution in [1.29, 1.82) is 0 Å². The van der Waals surface area contributed by atoms with Gasteiger partial charge in [0.1, 0.15) is 5.75 Å². The molecular formula is C12H12O5. The highest BCUT2D eigenvalue weighted by molar-refractivity contribution is 5.81. The van der Waals surface area contributed by atoms with Gasteiger partial charge in [-0.15, -0.1) is 0 Å². The molecule has 1 heterocycles. The molecule has 1 aliphatic rings. The second kappa shape index (κ2) is 5.34. The molecule has 5 nitrogen and oxygen atoms in total. The second-order valence-corrected chi connectivity index (χ2v) is 3.54. The van der Waals surface area contributed by atoms with Gasteiger partial charge in [-0.05, 0) is 12.1 Å². The summed E-state index contributed by atoms with van der Waals surface area (Å²) in [6, 6.07) is 8.91. The number of hydrogen-bond donors (Lipinski definition) is 0. The molecular weight excluding hydrogens is 224 g/mol. The summed E-state index contributed by atoms with van der Waals surface area (Å²) in [5.74, 6) is -0.478. The summed E-state index contributed by atoms with van der Waals surface area (Å²) in [7, 11) is 0. The number of carbonyl (C=O) groups is 2. The van der Waals surface area contributed by atoms with Crippen LogP contribution in [-0.4, -0.2) is 31.3 Å². The van der Waals surface area contributed by atoms with Crippen LogP contribution in [0, 0.1) is 0 Å². The van der Waals surface area contributed by atoms with Crippen molar-refractivity contribution in [3.8, 4) is 5.75 Å². The van der Waals surface area contributed by atoms with Gasteiger partial charge in [0.2, 0.25) is 6.10 Å². The molecule has 1 aromatic carbocycles. The number of esters is 2. The first-order valence-electron chi connectivity index (χ1n) is 5.29. The zero-order valence-corrected chi connectivity index (χ0v) is 9.13. The maximum absolute atomic E-state index is 11.4. The number of benzene rings is 1. The Labute approximate surface area is 98.3 Å². The Hall–Kier alpha value is -2.04. The van der Waals surface area contributed by atoms with E-state index < -0.39 is 18.0 Å². The molecule has 0 radical (unpaired) electrons. The monoisotopic (exact) mass is 236 g/mol. The van der Waals surface area contributed by atoms with Crippen LogP contribution in [-0.2, 0) is 19.1 Å². The first-order valence-corrected chi connectivity index (χ1v) is 5.29. The van der Waals surface area contributed by atoms with Crippen molar-refractivity contribution in [2.45, 2.75) is 12.5 Å². The summed E-state index contributed by atoms with van der Waals surface area (Å²) >= 11 is 0. The highest BCUT2D eigenvalue weighted by Gasteiger charge is 2.30. The fourth-order valence-corrected chi connectivity index (χ4v) is 1.44. The summed E-state index contributed by atoms with van der Waals surface area (Å²) in [5, 5.41) is 0. The van der Waals surface area contributed by atoms with Crippen molar-refractivity contribution in [3.05, 3.63) is 30.3 Å². The van der Waals surface area contributed by atoms with Crippen LogP contribution in [0.15, 0.2) is 30.3 Å². The van der Waals surface area contributed by atoms with Gasteiger partial charge in [-0.2, -0.15) is 0 Å². The Morgan fingerprint density at radius 1 is 1.35 bits per heavy atom. The van der Waals surface area contributed by atoms with Gasteiger partial charge in [0, 0.05) is 6.42 Å². The minimum atomic E-state index is -0.776. The van der Waals surface area contributed by atoms with Gasteiger partial charge < -0.3 is 14.2 Å². The molecule has 0 N–H and O–H groups in total. The average Bonchev–Trinajstić information content (AvgIpc) is 2.74. The minimum Gasteiger partial charge on any atom is -0.482 e. The van der Waals surface area contributed by atoms with E-state index in [2.05, 4.69) is 4.74 Å². The van der Waals surface area contributed by atoms with Crippen LogP contribution in [0.1, 0.15) is 6.42 Å². The standard InChI is InChI=1S/C12H12O5/c13-11(17-10-6-7-15-12(10)14)8-16-9-4-2-1-3-5-9/h1-5,10H,6-8H2. The lowest BCUT2D eigenvalue weighted by Gasteiger charge is -2.09. The van der Waals surface area contributed by atoms with E-state index in [1.807, 2.05) is 6.07 Å². The Bertz CT molecular complexity index is 401. The van der Waals surface area contributed by atoms with Crippen molar-refractivity contribution in [2.24, 2.45) is 0 Å². The van der Waals surface area contributed by atoms with Crippen LogP contribution in [0.4, 0.5) is 0 Å². The number of para-hydroxylation sites is 1. The van der Waals surface area contributed by atoms with E-state index in [1.54, 1.807) is 24.3 Å². The lowest BCUT2D eigenvalue weighted by atomic mass is 10.3. The van der Waals surface area contributed by atoms with E-state index in [-0.39, 0.29) is 6.61 Å². The first-order chi connectivity index (χ1) is 8.25. The molecule has 0 bridgehead atoms. The fraction of sp³-hybridized carbons (Fsp3) is 0.333. The van der Waals surface area contributed by atoms with Gasteiger partial charge in [0.25, 0.3) is 0 Å². The third-order valence-electron chi connectivity index (χ3n) is 2.26. The zero-order valence-electron chi connectivity index (χ0n) is 9.13. The molecule has 1 fully saturated rings. The molecule has 1 aliphatic heterocycles. The van der Waals surface area contributed by atoms with Gasteiger partial charge in [0.05, 0.1) is 6.61 Å².